The number of piperidine rings is 1. The van der Waals surface area contributed by atoms with Crippen molar-refractivity contribution in [2.75, 3.05) is 13.1 Å². The van der Waals surface area contributed by atoms with Gasteiger partial charge in [0, 0.05) is 5.54 Å². The van der Waals surface area contributed by atoms with E-state index in [0.717, 1.165) is 25.9 Å². The summed E-state index contributed by atoms with van der Waals surface area (Å²) in [7, 11) is -3.64. The van der Waals surface area contributed by atoms with Crippen LogP contribution >= 0.6 is 11.6 Å². The Labute approximate surface area is 124 Å². The Kier molecular flexibility index (Phi) is 4.35. The zero-order valence-electron chi connectivity index (χ0n) is 11.1. The Morgan fingerprint density at radius 1 is 1.40 bits per heavy atom. The highest BCUT2D eigenvalue weighted by Crippen LogP contribution is 2.24. The van der Waals surface area contributed by atoms with Gasteiger partial charge in [-0.25, -0.2) is 13.1 Å². The number of nitrogens with one attached hydrogen (secondary N) is 2. The summed E-state index contributed by atoms with van der Waals surface area (Å²) >= 11 is 5.89. The van der Waals surface area contributed by atoms with Crippen molar-refractivity contribution in [3.05, 3.63) is 28.8 Å². The van der Waals surface area contributed by atoms with Gasteiger partial charge in [-0.2, -0.15) is 5.26 Å². The third-order valence-electron chi connectivity index (χ3n) is 3.46. The van der Waals surface area contributed by atoms with E-state index in [1.165, 1.54) is 18.2 Å². The molecule has 20 heavy (non-hydrogen) atoms. The molecule has 1 aliphatic heterocycles. The van der Waals surface area contributed by atoms with Crippen LogP contribution < -0.4 is 10.0 Å². The van der Waals surface area contributed by atoms with Crippen LogP contribution in [0.25, 0.3) is 0 Å². The van der Waals surface area contributed by atoms with Gasteiger partial charge in [-0.1, -0.05) is 11.6 Å². The molecule has 1 fully saturated rings. The Morgan fingerprint density at radius 3 is 2.60 bits per heavy atom. The van der Waals surface area contributed by atoms with E-state index in [4.69, 9.17) is 16.9 Å². The van der Waals surface area contributed by atoms with E-state index in [9.17, 15) is 8.42 Å². The molecule has 0 atom stereocenters. The normalized spacial score (nSPS) is 18.4. The molecule has 2 N–H and O–H groups in total. The topological polar surface area (TPSA) is 82.0 Å². The minimum atomic E-state index is -3.64. The predicted molar refractivity (Wildman–Crippen MR) is 77.0 cm³/mol. The molecule has 0 unspecified atom stereocenters. The number of benzene rings is 1. The lowest BCUT2D eigenvalue weighted by Gasteiger charge is -2.34. The van der Waals surface area contributed by atoms with Gasteiger partial charge < -0.3 is 5.32 Å². The van der Waals surface area contributed by atoms with Crippen molar-refractivity contribution in [3.63, 3.8) is 0 Å². The van der Waals surface area contributed by atoms with Crippen molar-refractivity contribution >= 4 is 21.6 Å². The van der Waals surface area contributed by atoms with Crippen molar-refractivity contribution in [1.82, 2.24) is 10.0 Å². The quantitative estimate of drug-likeness (QED) is 0.888. The highest BCUT2D eigenvalue weighted by molar-refractivity contribution is 7.89. The fraction of sp³-hybridized carbons (Fsp3) is 0.462. The molecule has 0 radical (unpaired) electrons. The standard InChI is InChI=1S/C13H16ClN3O2S/c1-13(4-6-16-7-5-13)17-20(18,19)11-3-2-10(9-15)12(14)8-11/h2-3,8,16-17H,4-7H2,1H3. The molecule has 1 saturated heterocycles. The summed E-state index contributed by atoms with van der Waals surface area (Å²) in [6.07, 6.45) is 1.46. The highest BCUT2D eigenvalue weighted by Gasteiger charge is 2.32. The first kappa shape index (κ1) is 15.3. The van der Waals surface area contributed by atoms with Gasteiger partial charge in [0.15, 0.2) is 0 Å². The Hall–Kier alpha value is -1.13. The van der Waals surface area contributed by atoms with Gasteiger partial charge in [0.05, 0.1) is 15.5 Å². The van der Waals surface area contributed by atoms with Crippen LogP contribution in [0.1, 0.15) is 25.3 Å². The molecular formula is C13H16ClN3O2S. The second-order valence-corrected chi connectivity index (χ2v) is 7.26. The Morgan fingerprint density at radius 2 is 2.05 bits per heavy atom. The molecule has 1 aliphatic rings. The second-order valence-electron chi connectivity index (χ2n) is 5.17. The van der Waals surface area contributed by atoms with Gasteiger partial charge >= 0.3 is 0 Å². The van der Waals surface area contributed by atoms with Crippen molar-refractivity contribution in [3.8, 4) is 6.07 Å². The van der Waals surface area contributed by atoms with Crippen LogP contribution in [0, 0.1) is 11.3 Å². The zero-order chi connectivity index (χ0) is 14.8. The summed E-state index contributed by atoms with van der Waals surface area (Å²) in [4.78, 5) is 0.0845. The number of rotatable bonds is 3. The minimum Gasteiger partial charge on any atom is -0.317 e. The van der Waals surface area contributed by atoms with Crippen LogP contribution in [-0.4, -0.2) is 27.0 Å². The Bertz CT molecular complexity index is 646. The van der Waals surface area contributed by atoms with Crippen molar-refractivity contribution in [1.29, 1.82) is 5.26 Å². The van der Waals surface area contributed by atoms with E-state index < -0.39 is 15.6 Å². The molecule has 0 spiro atoms. The average molecular weight is 314 g/mol. The second kappa shape index (κ2) is 5.70. The summed E-state index contributed by atoms with van der Waals surface area (Å²) < 4.78 is 27.5. The van der Waals surface area contributed by atoms with Crippen molar-refractivity contribution in [2.45, 2.75) is 30.2 Å². The van der Waals surface area contributed by atoms with E-state index in [1.807, 2.05) is 13.0 Å². The van der Waals surface area contributed by atoms with Crippen LogP contribution in [0.3, 0.4) is 0 Å². The van der Waals surface area contributed by atoms with Crippen LogP contribution in [0.4, 0.5) is 0 Å². The summed E-state index contributed by atoms with van der Waals surface area (Å²) in [6.45, 7) is 3.47. The first-order valence-electron chi connectivity index (χ1n) is 6.31. The number of sulfonamides is 1. The smallest absolute Gasteiger partial charge is 0.241 e. The molecule has 1 heterocycles. The third-order valence-corrected chi connectivity index (χ3v) is 5.41. The maximum Gasteiger partial charge on any atom is 0.241 e. The maximum absolute atomic E-state index is 12.4. The third kappa shape index (κ3) is 3.30. The molecular weight excluding hydrogens is 298 g/mol. The van der Waals surface area contributed by atoms with E-state index in [-0.39, 0.29) is 15.5 Å². The minimum absolute atomic E-state index is 0.0845. The summed E-state index contributed by atoms with van der Waals surface area (Å²) in [5, 5.41) is 12.1. The van der Waals surface area contributed by atoms with Gasteiger partial charge in [0.1, 0.15) is 6.07 Å². The van der Waals surface area contributed by atoms with Crippen LogP contribution in [0.2, 0.25) is 5.02 Å². The highest BCUT2D eigenvalue weighted by atomic mass is 35.5. The summed E-state index contributed by atoms with van der Waals surface area (Å²) in [5.74, 6) is 0. The number of nitriles is 1. The molecule has 108 valence electrons. The van der Waals surface area contributed by atoms with E-state index in [2.05, 4.69) is 10.0 Å². The molecule has 0 bridgehead atoms. The molecule has 1 aromatic carbocycles. The molecule has 0 aliphatic carbocycles. The van der Waals surface area contributed by atoms with Crippen LogP contribution in [-0.2, 0) is 10.0 Å². The van der Waals surface area contributed by atoms with Crippen LogP contribution in [0.15, 0.2) is 23.1 Å². The summed E-state index contributed by atoms with van der Waals surface area (Å²) in [6, 6.07) is 6.04. The van der Waals surface area contributed by atoms with Crippen LogP contribution in [0.5, 0.6) is 0 Å². The largest absolute Gasteiger partial charge is 0.317 e. The summed E-state index contributed by atoms with van der Waals surface area (Å²) in [5.41, 5.74) is -0.191. The van der Waals surface area contributed by atoms with Crippen molar-refractivity contribution < 1.29 is 8.42 Å². The number of hydrogen-bond donors (Lipinski definition) is 2. The molecule has 0 amide bonds. The molecule has 0 saturated carbocycles. The predicted octanol–water partition coefficient (Wildman–Crippen LogP) is 1.63. The lowest BCUT2D eigenvalue weighted by atomic mass is 9.92. The number of hydrogen-bond acceptors (Lipinski definition) is 4. The lowest BCUT2D eigenvalue weighted by molar-refractivity contribution is 0.308. The average Bonchev–Trinajstić information content (AvgIpc) is 2.38. The van der Waals surface area contributed by atoms with Gasteiger partial charge in [0.2, 0.25) is 10.0 Å². The fourth-order valence-electron chi connectivity index (χ4n) is 2.22. The fourth-order valence-corrected chi connectivity index (χ4v) is 4.00. The first-order chi connectivity index (χ1) is 9.36. The number of nitrogens with zero attached hydrogens (tertiary/aromatic N) is 1. The molecule has 5 nitrogen and oxygen atoms in total. The maximum atomic E-state index is 12.4. The zero-order valence-corrected chi connectivity index (χ0v) is 12.7. The first-order valence-corrected chi connectivity index (χ1v) is 8.17. The van der Waals surface area contributed by atoms with Gasteiger partial charge in [-0.3, -0.25) is 0 Å². The molecule has 0 aromatic heterocycles. The Balaban J connectivity index is 2.26. The molecule has 2 rings (SSSR count). The SMILES string of the molecule is CC1(NS(=O)(=O)c2ccc(C#N)c(Cl)c2)CCNCC1. The van der Waals surface area contributed by atoms with Gasteiger partial charge in [-0.15, -0.1) is 0 Å². The monoisotopic (exact) mass is 313 g/mol. The van der Waals surface area contributed by atoms with Crippen molar-refractivity contribution in [2.24, 2.45) is 0 Å². The van der Waals surface area contributed by atoms with E-state index >= 15 is 0 Å². The molecule has 1 aromatic rings. The molecule has 7 heteroatoms. The van der Waals surface area contributed by atoms with Gasteiger partial charge in [-0.05, 0) is 51.1 Å². The van der Waals surface area contributed by atoms with Gasteiger partial charge in [0.25, 0.3) is 0 Å². The lowest BCUT2D eigenvalue weighted by Crippen LogP contribution is -2.52. The van der Waals surface area contributed by atoms with E-state index in [0.29, 0.717) is 0 Å². The number of halogens is 1. The van der Waals surface area contributed by atoms with E-state index in [1.54, 1.807) is 0 Å².